The van der Waals surface area contributed by atoms with E-state index in [0.29, 0.717) is 17.7 Å². The number of benzene rings is 1. The van der Waals surface area contributed by atoms with Crippen molar-refractivity contribution in [1.29, 1.82) is 0 Å². The molecule has 1 amide bonds. The topological polar surface area (TPSA) is 100 Å². The molecule has 136 valence electrons. The van der Waals surface area contributed by atoms with Crippen LogP contribution in [0.1, 0.15) is 5.56 Å². The molecule has 9 nitrogen and oxygen atoms in total. The number of imidazole rings is 1. The molecule has 0 radical (unpaired) electrons. The molecule has 1 aromatic carbocycles. The van der Waals surface area contributed by atoms with E-state index in [1.165, 1.54) is 17.9 Å². The number of carbonyl (C=O) groups excluding carboxylic acids is 1. The zero-order valence-corrected chi connectivity index (χ0v) is 14.5. The molecule has 26 heavy (non-hydrogen) atoms. The summed E-state index contributed by atoms with van der Waals surface area (Å²) < 4.78 is 9.08. The molecule has 0 saturated heterocycles. The van der Waals surface area contributed by atoms with E-state index in [9.17, 15) is 14.4 Å². The van der Waals surface area contributed by atoms with Crippen molar-refractivity contribution < 1.29 is 9.53 Å². The highest BCUT2D eigenvalue weighted by Crippen LogP contribution is 2.05. The van der Waals surface area contributed by atoms with Gasteiger partial charge in [-0.2, -0.15) is 0 Å². The third-order valence-corrected chi connectivity index (χ3v) is 4.05. The van der Waals surface area contributed by atoms with E-state index in [4.69, 9.17) is 4.74 Å². The van der Waals surface area contributed by atoms with E-state index in [1.807, 2.05) is 30.3 Å². The minimum absolute atomic E-state index is 0.184. The largest absolute Gasteiger partial charge is 0.445 e. The van der Waals surface area contributed by atoms with Crippen LogP contribution in [0.4, 0.5) is 4.79 Å². The van der Waals surface area contributed by atoms with Crippen LogP contribution >= 0.6 is 0 Å². The van der Waals surface area contributed by atoms with Crippen LogP contribution in [0.3, 0.4) is 0 Å². The lowest BCUT2D eigenvalue weighted by atomic mass is 10.2. The minimum atomic E-state index is -0.543. The number of amides is 1. The van der Waals surface area contributed by atoms with Crippen LogP contribution in [0.2, 0.25) is 0 Å². The minimum Gasteiger partial charge on any atom is -0.445 e. The maximum Gasteiger partial charge on any atom is 0.407 e. The molecule has 3 aromatic rings. The summed E-state index contributed by atoms with van der Waals surface area (Å²) in [6, 6.07) is 9.36. The second-order valence-corrected chi connectivity index (χ2v) is 5.80. The van der Waals surface area contributed by atoms with Gasteiger partial charge < -0.3 is 14.6 Å². The second kappa shape index (κ2) is 7.26. The van der Waals surface area contributed by atoms with Crippen LogP contribution in [0, 0.1) is 0 Å². The summed E-state index contributed by atoms with van der Waals surface area (Å²) in [5.74, 6) is 0. The third kappa shape index (κ3) is 3.37. The van der Waals surface area contributed by atoms with Gasteiger partial charge in [0.2, 0.25) is 0 Å². The Morgan fingerprint density at radius 2 is 1.88 bits per heavy atom. The molecule has 1 N–H and O–H groups in total. The number of rotatable bonds is 5. The zero-order chi connectivity index (χ0) is 18.7. The van der Waals surface area contributed by atoms with Crippen molar-refractivity contribution in [2.45, 2.75) is 13.2 Å². The molecule has 0 atom stereocenters. The van der Waals surface area contributed by atoms with Gasteiger partial charge in [-0.25, -0.2) is 14.6 Å². The van der Waals surface area contributed by atoms with Gasteiger partial charge in [-0.05, 0) is 5.56 Å². The van der Waals surface area contributed by atoms with Crippen LogP contribution in [0.5, 0.6) is 0 Å². The number of hydrogen-bond donors (Lipinski definition) is 1. The molecule has 0 unspecified atom stereocenters. The Hall–Kier alpha value is -3.36. The normalized spacial score (nSPS) is 10.8. The molecule has 0 aliphatic heterocycles. The van der Waals surface area contributed by atoms with Crippen LogP contribution in [0.15, 0.2) is 46.2 Å². The first-order valence-electron chi connectivity index (χ1n) is 8.04. The number of alkyl carbamates (subject to hydrolysis) is 1. The lowest BCUT2D eigenvalue weighted by molar-refractivity contribution is 0.139. The number of ether oxygens (including phenoxy) is 1. The fourth-order valence-electron chi connectivity index (χ4n) is 2.62. The van der Waals surface area contributed by atoms with Crippen LogP contribution in [-0.4, -0.2) is 31.3 Å². The van der Waals surface area contributed by atoms with E-state index in [-0.39, 0.29) is 13.2 Å². The van der Waals surface area contributed by atoms with E-state index < -0.39 is 17.3 Å². The van der Waals surface area contributed by atoms with E-state index in [0.717, 1.165) is 10.1 Å². The van der Waals surface area contributed by atoms with Crippen molar-refractivity contribution >= 4 is 17.3 Å². The first kappa shape index (κ1) is 17.5. The standard InChI is InChI=1S/C17H19N5O4/c1-20-14-13(15(23)21(2)17(20)25)22(11-19-14)9-8-18-16(24)26-10-12-6-4-3-5-7-12/h3-7,11H,8-10H2,1-2H3,(H,18,24). The monoisotopic (exact) mass is 357 g/mol. The van der Waals surface area contributed by atoms with Crippen molar-refractivity contribution in [3.8, 4) is 0 Å². The maximum atomic E-state index is 12.3. The Balaban J connectivity index is 1.63. The molecular weight excluding hydrogens is 338 g/mol. The lowest BCUT2D eigenvalue weighted by Gasteiger charge is -2.09. The summed E-state index contributed by atoms with van der Waals surface area (Å²) in [6.07, 6.45) is 0.932. The highest BCUT2D eigenvalue weighted by molar-refractivity contribution is 5.70. The van der Waals surface area contributed by atoms with Gasteiger partial charge in [0.05, 0.1) is 6.33 Å². The Morgan fingerprint density at radius 3 is 2.62 bits per heavy atom. The number of carbonyl (C=O) groups is 1. The molecule has 0 aliphatic rings. The first-order chi connectivity index (χ1) is 12.5. The molecule has 0 bridgehead atoms. The Labute approximate surface area is 148 Å². The third-order valence-electron chi connectivity index (χ3n) is 4.05. The van der Waals surface area contributed by atoms with Crippen molar-refractivity contribution in [1.82, 2.24) is 24.0 Å². The number of fused-ring (bicyclic) bond motifs is 1. The summed E-state index contributed by atoms with van der Waals surface area (Å²) in [5, 5.41) is 2.63. The molecule has 2 aromatic heterocycles. The molecule has 9 heteroatoms. The Kier molecular flexibility index (Phi) is 4.87. The number of aromatic nitrogens is 4. The maximum absolute atomic E-state index is 12.3. The van der Waals surface area contributed by atoms with Gasteiger partial charge in [0.25, 0.3) is 5.56 Å². The van der Waals surface area contributed by atoms with Crippen molar-refractivity contribution in [3.63, 3.8) is 0 Å². The molecule has 0 spiro atoms. The quantitative estimate of drug-likeness (QED) is 0.711. The highest BCUT2D eigenvalue weighted by atomic mass is 16.5. The van der Waals surface area contributed by atoms with Crippen LogP contribution in [-0.2, 0) is 32.0 Å². The molecule has 0 aliphatic carbocycles. The summed E-state index contributed by atoms with van der Waals surface area (Å²) >= 11 is 0. The summed E-state index contributed by atoms with van der Waals surface area (Å²) in [5.41, 5.74) is 0.661. The summed E-state index contributed by atoms with van der Waals surface area (Å²) in [6.45, 7) is 0.763. The van der Waals surface area contributed by atoms with E-state index >= 15 is 0 Å². The number of nitrogens with zero attached hydrogens (tertiary/aromatic N) is 4. The van der Waals surface area contributed by atoms with E-state index in [1.54, 1.807) is 11.6 Å². The Bertz CT molecular complexity index is 1050. The average molecular weight is 357 g/mol. The fourth-order valence-corrected chi connectivity index (χ4v) is 2.62. The Morgan fingerprint density at radius 1 is 1.15 bits per heavy atom. The molecule has 0 saturated carbocycles. The van der Waals surface area contributed by atoms with Gasteiger partial charge in [-0.3, -0.25) is 13.9 Å². The fraction of sp³-hybridized carbons (Fsp3) is 0.294. The molecule has 3 rings (SSSR count). The lowest BCUT2D eigenvalue weighted by Crippen LogP contribution is -2.38. The second-order valence-electron chi connectivity index (χ2n) is 5.80. The molecule has 2 heterocycles. The summed E-state index contributed by atoms with van der Waals surface area (Å²) in [7, 11) is 2.97. The average Bonchev–Trinajstić information content (AvgIpc) is 3.08. The number of nitrogens with one attached hydrogen (secondary N) is 1. The van der Waals surface area contributed by atoms with Gasteiger partial charge in [-0.1, -0.05) is 30.3 Å². The van der Waals surface area contributed by atoms with Gasteiger partial charge in [0, 0.05) is 27.2 Å². The first-order valence-corrected chi connectivity index (χ1v) is 8.04. The van der Waals surface area contributed by atoms with E-state index in [2.05, 4.69) is 10.3 Å². The van der Waals surface area contributed by atoms with Crippen molar-refractivity contribution in [2.24, 2.45) is 14.1 Å². The SMILES string of the molecule is Cn1c(=O)c2c(ncn2CCNC(=O)OCc2ccccc2)n(C)c1=O. The summed E-state index contributed by atoms with van der Waals surface area (Å²) in [4.78, 5) is 40.1. The zero-order valence-electron chi connectivity index (χ0n) is 14.5. The highest BCUT2D eigenvalue weighted by Gasteiger charge is 2.14. The van der Waals surface area contributed by atoms with Crippen LogP contribution < -0.4 is 16.6 Å². The molecular formula is C17H19N5O4. The molecule has 0 fully saturated rings. The van der Waals surface area contributed by atoms with Gasteiger partial charge >= 0.3 is 11.8 Å². The van der Waals surface area contributed by atoms with Crippen molar-refractivity contribution in [2.75, 3.05) is 6.54 Å². The van der Waals surface area contributed by atoms with Crippen LogP contribution in [0.25, 0.3) is 11.2 Å². The van der Waals surface area contributed by atoms with Gasteiger partial charge in [-0.15, -0.1) is 0 Å². The predicted molar refractivity (Wildman–Crippen MR) is 94.8 cm³/mol. The smallest absolute Gasteiger partial charge is 0.407 e. The number of aryl methyl sites for hydroxylation is 1. The van der Waals surface area contributed by atoms with Gasteiger partial charge in [0.1, 0.15) is 6.61 Å². The number of hydrogen-bond acceptors (Lipinski definition) is 5. The van der Waals surface area contributed by atoms with Gasteiger partial charge in [0.15, 0.2) is 11.2 Å². The van der Waals surface area contributed by atoms with Crippen molar-refractivity contribution in [3.05, 3.63) is 63.1 Å². The predicted octanol–water partition coefficient (Wildman–Crippen LogP) is 0.360.